The van der Waals surface area contributed by atoms with E-state index in [0.717, 1.165) is 55.1 Å². The summed E-state index contributed by atoms with van der Waals surface area (Å²) in [6.07, 6.45) is 0. The Labute approximate surface area is 299 Å². The van der Waals surface area contributed by atoms with Crippen molar-refractivity contribution in [1.29, 1.82) is 0 Å². The number of nitrogens with zero attached hydrogens (tertiary/aromatic N) is 5. The second-order valence-corrected chi connectivity index (χ2v) is 12.7. The average molecular weight is 668 g/mol. The van der Waals surface area contributed by atoms with Gasteiger partial charge in [0, 0.05) is 21.9 Å². The zero-order valence-electron chi connectivity index (χ0n) is 27.9. The van der Waals surface area contributed by atoms with Crippen molar-refractivity contribution < 1.29 is 4.42 Å². The summed E-state index contributed by atoms with van der Waals surface area (Å²) >= 11 is 0. The topological polar surface area (TPSA) is 69.6 Å². The lowest BCUT2D eigenvalue weighted by atomic mass is 9.99. The molecule has 0 aliphatic rings. The first kappa shape index (κ1) is 29.7. The van der Waals surface area contributed by atoms with E-state index < -0.39 is 0 Å². The summed E-state index contributed by atoms with van der Waals surface area (Å²) < 4.78 is 8.72. The van der Waals surface area contributed by atoms with Crippen molar-refractivity contribution in [3.8, 4) is 62.4 Å². The summed E-state index contributed by atoms with van der Waals surface area (Å²) in [5.74, 6) is 2.14. The molecule has 0 spiro atoms. The van der Waals surface area contributed by atoms with E-state index in [1.165, 1.54) is 11.1 Å². The van der Waals surface area contributed by atoms with Crippen LogP contribution in [-0.2, 0) is 0 Å². The highest BCUT2D eigenvalue weighted by Gasteiger charge is 2.20. The lowest BCUT2D eigenvalue weighted by molar-refractivity contribution is 0.620. The van der Waals surface area contributed by atoms with Crippen LogP contribution < -0.4 is 0 Å². The molecule has 0 unspecified atom stereocenters. The van der Waals surface area contributed by atoms with Gasteiger partial charge in [0.25, 0.3) is 0 Å². The maximum Gasteiger partial charge on any atom is 0.238 e. The zero-order chi connectivity index (χ0) is 34.4. The summed E-state index contributed by atoms with van der Waals surface area (Å²) in [6, 6.07) is 60.0. The molecule has 0 N–H and O–H groups in total. The molecule has 0 bridgehead atoms. The molecule has 0 fully saturated rings. The van der Waals surface area contributed by atoms with E-state index in [0.29, 0.717) is 29.1 Å². The van der Waals surface area contributed by atoms with Gasteiger partial charge in [0.1, 0.15) is 5.52 Å². The lowest BCUT2D eigenvalue weighted by Gasteiger charge is -2.11. The van der Waals surface area contributed by atoms with Crippen LogP contribution in [0.4, 0.5) is 0 Å². The normalized spacial score (nSPS) is 11.5. The molecule has 7 aromatic carbocycles. The van der Waals surface area contributed by atoms with Crippen LogP contribution in [-0.4, -0.2) is 24.5 Å². The maximum atomic E-state index is 6.61. The molecule has 0 aliphatic carbocycles. The van der Waals surface area contributed by atoms with Crippen LogP contribution >= 0.6 is 0 Å². The Balaban J connectivity index is 1.10. The van der Waals surface area contributed by atoms with Crippen molar-refractivity contribution in [1.82, 2.24) is 24.5 Å². The molecule has 0 saturated heterocycles. The van der Waals surface area contributed by atoms with E-state index in [9.17, 15) is 0 Å². The Morgan fingerprint density at radius 2 is 0.923 bits per heavy atom. The van der Waals surface area contributed by atoms with E-state index in [2.05, 4.69) is 102 Å². The predicted octanol–water partition coefficient (Wildman–Crippen LogP) is 11.4. The molecular weight excluding hydrogens is 639 g/mol. The molecule has 244 valence electrons. The molecular formula is C46H29N5O. The van der Waals surface area contributed by atoms with Gasteiger partial charge in [-0.3, -0.25) is 4.57 Å². The predicted molar refractivity (Wildman–Crippen MR) is 209 cm³/mol. The number of hydrogen-bond acceptors (Lipinski definition) is 5. The zero-order valence-corrected chi connectivity index (χ0v) is 27.9. The van der Waals surface area contributed by atoms with Gasteiger partial charge in [-0.15, -0.1) is 0 Å². The molecule has 10 rings (SSSR count). The highest BCUT2D eigenvalue weighted by molar-refractivity contribution is 6.09. The first-order chi connectivity index (χ1) is 25.8. The SMILES string of the molecule is c1ccc(-c2ccc(-c3cccc(-c4nc5cccc(-c6nc(-c7ccccc7)nc(-n7c8ccccc8c8ccccc87)n6)c5o4)c3)cc2)cc1. The summed E-state index contributed by atoms with van der Waals surface area (Å²) in [6.45, 7) is 0. The van der Waals surface area contributed by atoms with Crippen LogP contribution in [0.5, 0.6) is 0 Å². The van der Waals surface area contributed by atoms with E-state index in [1.807, 2.05) is 78.9 Å². The van der Waals surface area contributed by atoms with E-state index in [4.69, 9.17) is 24.4 Å². The number of benzene rings is 7. The highest BCUT2D eigenvalue weighted by atomic mass is 16.3. The number of rotatable bonds is 6. The average Bonchev–Trinajstić information content (AvgIpc) is 3.82. The van der Waals surface area contributed by atoms with E-state index in [1.54, 1.807) is 0 Å². The Morgan fingerprint density at radius 3 is 1.63 bits per heavy atom. The molecule has 0 radical (unpaired) electrons. The third-order valence-corrected chi connectivity index (χ3v) is 9.53. The Kier molecular flexibility index (Phi) is 7.03. The molecule has 3 aromatic heterocycles. The van der Waals surface area contributed by atoms with Crippen molar-refractivity contribution in [2.75, 3.05) is 0 Å². The number of aromatic nitrogens is 5. The van der Waals surface area contributed by atoms with E-state index in [-0.39, 0.29) is 0 Å². The Morgan fingerprint density at radius 1 is 0.385 bits per heavy atom. The maximum absolute atomic E-state index is 6.61. The second-order valence-electron chi connectivity index (χ2n) is 12.7. The number of para-hydroxylation sites is 3. The van der Waals surface area contributed by atoms with Gasteiger partial charge in [-0.05, 0) is 58.7 Å². The fourth-order valence-electron chi connectivity index (χ4n) is 7.01. The van der Waals surface area contributed by atoms with Crippen LogP contribution in [0.1, 0.15) is 0 Å². The van der Waals surface area contributed by atoms with Crippen molar-refractivity contribution in [2.45, 2.75) is 0 Å². The van der Waals surface area contributed by atoms with Gasteiger partial charge in [0.15, 0.2) is 17.2 Å². The van der Waals surface area contributed by atoms with Gasteiger partial charge in [-0.25, -0.2) is 9.97 Å². The van der Waals surface area contributed by atoms with Crippen LogP contribution in [0, 0.1) is 0 Å². The first-order valence-electron chi connectivity index (χ1n) is 17.2. The molecule has 10 aromatic rings. The van der Waals surface area contributed by atoms with Crippen LogP contribution in [0.3, 0.4) is 0 Å². The lowest BCUT2D eigenvalue weighted by Crippen LogP contribution is -2.06. The second kappa shape index (κ2) is 12.3. The van der Waals surface area contributed by atoms with Crippen LogP contribution in [0.15, 0.2) is 180 Å². The Hall–Kier alpha value is -7.18. The molecule has 0 amide bonds. The summed E-state index contributed by atoms with van der Waals surface area (Å²) in [4.78, 5) is 20.2. The first-order valence-corrected chi connectivity index (χ1v) is 17.2. The van der Waals surface area contributed by atoms with Gasteiger partial charge in [0.2, 0.25) is 11.8 Å². The van der Waals surface area contributed by atoms with E-state index >= 15 is 0 Å². The third kappa shape index (κ3) is 5.13. The fraction of sp³-hybridized carbons (Fsp3) is 0. The minimum atomic E-state index is 0.506. The number of oxazole rings is 1. The summed E-state index contributed by atoms with van der Waals surface area (Å²) in [7, 11) is 0. The molecule has 52 heavy (non-hydrogen) atoms. The summed E-state index contributed by atoms with van der Waals surface area (Å²) in [5, 5.41) is 2.27. The van der Waals surface area contributed by atoms with Crippen LogP contribution in [0.25, 0.3) is 95.3 Å². The van der Waals surface area contributed by atoms with Crippen molar-refractivity contribution in [3.63, 3.8) is 0 Å². The number of hydrogen-bond donors (Lipinski definition) is 0. The monoisotopic (exact) mass is 667 g/mol. The molecule has 0 saturated carbocycles. The largest absolute Gasteiger partial charge is 0.435 e. The van der Waals surface area contributed by atoms with Gasteiger partial charge >= 0.3 is 0 Å². The van der Waals surface area contributed by atoms with Crippen LogP contribution in [0.2, 0.25) is 0 Å². The molecule has 3 heterocycles. The molecule has 6 nitrogen and oxygen atoms in total. The molecule has 0 aliphatic heterocycles. The highest BCUT2D eigenvalue weighted by Crippen LogP contribution is 2.36. The Bertz CT molecular complexity index is 2840. The standard InChI is InChI=1S/C46H29N5O/c1-3-13-30(14-4-1)31-25-27-32(28-26-31)34-17-11-18-35(29-34)45-47-39-22-12-21-38(42(39)52-45)44-48-43(33-15-5-2-6-16-33)49-46(50-44)51-40-23-9-7-19-36(40)37-20-8-10-24-41(37)51/h1-29H. The van der Waals surface area contributed by atoms with Gasteiger partial charge in [0.05, 0.1) is 16.6 Å². The van der Waals surface area contributed by atoms with Gasteiger partial charge < -0.3 is 4.42 Å². The smallest absolute Gasteiger partial charge is 0.238 e. The van der Waals surface area contributed by atoms with Crippen molar-refractivity contribution in [3.05, 3.63) is 176 Å². The van der Waals surface area contributed by atoms with Crippen molar-refractivity contribution >= 4 is 32.9 Å². The van der Waals surface area contributed by atoms with Crippen molar-refractivity contribution in [2.24, 2.45) is 0 Å². The molecule has 6 heteroatoms. The minimum absolute atomic E-state index is 0.506. The minimum Gasteiger partial charge on any atom is -0.435 e. The number of fused-ring (bicyclic) bond motifs is 4. The fourth-order valence-corrected chi connectivity index (χ4v) is 7.01. The van der Waals surface area contributed by atoms with Gasteiger partial charge in [-0.2, -0.15) is 9.97 Å². The quantitative estimate of drug-likeness (QED) is 0.176. The third-order valence-electron chi connectivity index (χ3n) is 9.53. The van der Waals surface area contributed by atoms with Gasteiger partial charge in [-0.1, -0.05) is 140 Å². The summed E-state index contributed by atoms with van der Waals surface area (Å²) in [5.41, 5.74) is 10.5. The molecule has 0 atom stereocenters.